The van der Waals surface area contributed by atoms with E-state index in [1.165, 1.54) is 30.7 Å². The number of nitrogens with zero attached hydrogens (tertiary/aromatic N) is 3. The van der Waals surface area contributed by atoms with Crippen molar-refractivity contribution in [3.63, 3.8) is 0 Å². The van der Waals surface area contributed by atoms with Gasteiger partial charge in [-0.1, -0.05) is 12.1 Å². The van der Waals surface area contributed by atoms with Gasteiger partial charge in [0.05, 0.1) is 17.6 Å². The topological polar surface area (TPSA) is 169 Å². The van der Waals surface area contributed by atoms with Crippen LogP contribution in [-0.4, -0.2) is 21.7 Å². The van der Waals surface area contributed by atoms with E-state index in [1.54, 1.807) is 24.3 Å². The van der Waals surface area contributed by atoms with Crippen LogP contribution in [0.4, 0.5) is 15.9 Å². The third-order valence-electron chi connectivity index (χ3n) is 5.51. The molecule has 0 radical (unpaired) electrons. The highest BCUT2D eigenvalue weighted by molar-refractivity contribution is 6.24. The summed E-state index contributed by atoms with van der Waals surface area (Å²) < 4.78 is 19.9. The Morgan fingerprint density at radius 2 is 1.94 bits per heavy atom. The molecule has 174 valence electrons. The number of aliphatic imine (C=N–C) groups is 1. The van der Waals surface area contributed by atoms with E-state index in [0.717, 1.165) is 30.4 Å². The minimum Gasteiger partial charge on any atom is -0.484 e. The molecule has 0 saturated carbocycles. The first kappa shape index (κ1) is 22.7. The number of nitrogens with two attached hydrogens (primary N) is 4. The fourth-order valence-electron chi connectivity index (χ4n) is 3.89. The zero-order valence-electron chi connectivity index (χ0n) is 18.2. The summed E-state index contributed by atoms with van der Waals surface area (Å²) in [5, 5.41) is 0. The summed E-state index contributed by atoms with van der Waals surface area (Å²) in [5.74, 6) is -0.770. The van der Waals surface area contributed by atoms with E-state index in [9.17, 15) is 9.18 Å². The predicted molar refractivity (Wildman–Crippen MR) is 127 cm³/mol. The maximum absolute atomic E-state index is 13.7. The van der Waals surface area contributed by atoms with E-state index >= 15 is 0 Å². The molecule has 1 unspecified atom stereocenters. The van der Waals surface area contributed by atoms with Crippen LogP contribution in [0, 0.1) is 5.82 Å². The highest BCUT2D eigenvalue weighted by atomic mass is 19.1. The molecule has 1 aliphatic rings. The van der Waals surface area contributed by atoms with E-state index in [2.05, 4.69) is 15.0 Å². The number of amidine groups is 1. The zero-order chi connectivity index (χ0) is 24.2. The number of ether oxygens (including phenoxy) is 1. The summed E-state index contributed by atoms with van der Waals surface area (Å²) in [6.07, 6.45) is 6.37. The number of benzene rings is 2. The number of nitrogen functional groups attached to an aromatic ring is 1. The van der Waals surface area contributed by atoms with Gasteiger partial charge in [0.1, 0.15) is 29.1 Å². The number of anilines is 1. The van der Waals surface area contributed by atoms with Gasteiger partial charge in [-0.25, -0.2) is 14.4 Å². The highest BCUT2D eigenvalue weighted by Gasteiger charge is 2.24. The third-order valence-corrected chi connectivity index (χ3v) is 5.51. The van der Waals surface area contributed by atoms with Gasteiger partial charge in [-0.3, -0.25) is 9.78 Å². The lowest BCUT2D eigenvalue weighted by molar-refractivity contribution is -0.114. The van der Waals surface area contributed by atoms with Crippen molar-refractivity contribution in [2.45, 2.75) is 25.4 Å². The predicted octanol–water partition coefficient (Wildman–Crippen LogP) is 2.50. The number of carbonyl (C=O) groups excluding carboxylic acids is 1. The van der Waals surface area contributed by atoms with Crippen LogP contribution in [0.15, 0.2) is 65.6 Å². The monoisotopic (exact) mass is 461 g/mol. The molecule has 0 bridgehead atoms. The summed E-state index contributed by atoms with van der Waals surface area (Å²) >= 11 is 0. The molecule has 2 aromatic carbocycles. The second-order valence-electron chi connectivity index (χ2n) is 7.81. The van der Waals surface area contributed by atoms with Crippen molar-refractivity contribution in [3.8, 4) is 5.75 Å². The van der Waals surface area contributed by atoms with E-state index in [0.29, 0.717) is 17.0 Å². The van der Waals surface area contributed by atoms with Crippen LogP contribution >= 0.6 is 0 Å². The molecule has 0 aliphatic heterocycles. The quantitative estimate of drug-likeness (QED) is 0.189. The van der Waals surface area contributed by atoms with Crippen LogP contribution in [0.2, 0.25) is 0 Å². The molecule has 3 aromatic rings. The molecule has 0 saturated heterocycles. The average Bonchev–Trinajstić information content (AvgIpc) is 2.81. The Morgan fingerprint density at radius 3 is 2.68 bits per heavy atom. The van der Waals surface area contributed by atoms with E-state index in [-0.39, 0.29) is 34.8 Å². The first-order chi connectivity index (χ1) is 16.3. The molecule has 8 N–H and O–H groups in total. The number of amides is 1. The molecule has 0 fully saturated rings. The molecule has 4 rings (SSSR count). The molecule has 1 heterocycles. The molecule has 1 aromatic heterocycles. The smallest absolute Gasteiger partial charge is 0.254 e. The standard InChI is InChI=1S/C24H24FN7O2/c25-15-5-6-16-13(10-15)2-1-3-18(16)34-19-11-14(4-7-17(19)26)22(27)21(24(29)33)23(28)32-20-12-30-8-9-31-20/h4-12,18H,1-3,26-27H2,(H2,29,33)(H2,28,31,32). The Labute approximate surface area is 195 Å². The van der Waals surface area contributed by atoms with E-state index in [1.807, 2.05) is 0 Å². The summed E-state index contributed by atoms with van der Waals surface area (Å²) in [6.45, 7) is 0. The number of halogens is 1. The van der Waals surface area contributed by atoms with Crippen molar-refractivity contribution in [2.24, 2.45) is 22.2 Å². The molecule has 1 amide bonds. The second kappa shape index (κ2) is 9.57. The van der Waals surface area contributed by atoms with Crippen LogP contribution in [0.3, 0.4) is 0 Å². The lowest BCUT2D eigenvalue weighted by atomic mass is 9.89. The average molecular weight is 462 g/mol. The number of rotatable bonds is 6. The van der Waals surface area contributed by atoms with Crippen molar-refractivity contribution < 1.29 is 13.9 Å². The van der Waals surface area contributed by atoms with Crippen molar-refractivity contribution in [2.75, 3.05) is 5.73 Å². The molecule has 0 spiro atoms. The zero-order valence-corrected chi connectivity index (χ0v) is 18.2. The number of hydrogen-bond acceptors (Lipinski definition) is 7. The molecular formula is C24H24FN7O2. The minimum atomic E-state index is -0.856. The van der Waals surface area contributed by atoms with Gasteiger partial charge in [0.2, 0.25) is 0 Å². The van der Waals surface area contributed by atoms with Crippen LogP contribution in [0.25, 0.3) is 5.70 Å². The van der Waals surface area contributed by atoms with Gasteiger partial charge in [-0.15, -0.1) is 0 Å². The number of aromatic nitrogens is 2. The maximum Gasteiger partial charge on any atom is 0.254 e. The summed E-state index contributed by atoms with van der Waals surface area (Å²) in [4.78, 5) is 24.2. The largest absolute Gasteiger partial charge is 0.484 e. The molecule has 1 atom stereocenters. The first-order valence-corrected chi connectivity index (χ1v) is 10.6. The Morgan fingerprint density at radius 1 is 1.12 bits per heavy atom. The van der Waals surface area contributed by atoms with E-state index < -0.39 is 5.91 Å². The number of fused-ring (bicyclic) bond motifs is 1. The minimum absolute atomic E-state index is 0.00797. The van der Waals surface area contributed by atoms with E-state index in [4.69, 9.17) is 27.7 Å². The number of primary amides is 1. The summed E-state index contributed by atoms with van der Waals surface area (Å²) in [6, 6.07) is 9.53. The van der Waals surface area contributed by atoms with Crippen molar-refractivity contribution in [3.05, 3.63) is 83.1 Å². The second-order valence-corrected chi connectivity index (χ2v) is 7.81. The fraction of sp³-hybridized carbons (Fsp3) is 0.167. The van der Waals surface area contributed by atoms with Crippen LogP contribution in [0.5, 0.6) is 5.75 Å². The third kappa shape index (κ3) is 4.80. The lowest BCUT2D eigenvalue weighted by Gasteiger charge is -2.27. The first-order valence-electron chi connectivity index (χ1n) is 10.6. The van der Waals surface area contributed by atoms with Gasteiger partial charge in [0.15, 0.2) is 5.82 Å². The Bertz CT molecular complexity index is 1290. The fourth-order valence-corrected chi connectivity index (χ4v) is 3.89. The molecular weight excluding hydrogens is 437 g/mol. The lowest BCUT2D eigenvalue weighted by Crippen LogP contribution is -2.29. The number of aryl methyl sites for hydroxylation is 1. The number of carbonyl (C=O) groups is 1. The van der Waals surface area contributed by atoms with Gasteiger partial charge >= 0.3 is 0 Å². The maximum atomic E-state index is 13.7. The van der Waals surface area contributed by atoms with Crippen molar-refractivity contribution in [1.29, 1.82) is 0 Å². The van der Waals surface area contributed by atoms with Gasteiger partial charge in [0.25, 0.3) is 5.91 Å². The van der Waals surface area contributed by atoms with Crippen LogP contribution in [0.1, 0.15) is 35.6 Å². The normalized spacial score (nSPS) is 16.4. The molecule has 10 heteroatoms. The molecule has 1 aliphatic carbocycles. The molecule has 34 heavy (non-hydrogen) atoms. The number of hydrogen-bond donors (Lipinski definition) is 4. The van der Waals surface area contributed by atoms with Crippen LogP contribution < -0.4 is 27.7 Å². The van der Waals surface area contributed by atoms with Gasteiger partial charge in [0, 0.05) is 18.0 Å². The summed E-state index contributed by atoms with van der Waals surface area (Å²) in [7, 11) is 0. The van der Waals surface area contributed by atoms with Gasteiger partial charge in [-0.2, -0.15) is 0 Å². The Hall–Kier alpha value is -4.47. The summed E-state index contributed by atoms with van der Waals surface area (Å²) in [5.41, 5.74) is 26.5. The van der Waals surface area contributed by atoms with Crippen molar-refractivity contribution >= 4 is 28.9 Å². The Balaban J connectivity index is 1.69. The van der Waals surface area contributed by atoms with Gasteiger partial charge in [-0.05, 0) is 54.7 Å². The highest BCUT2D eigenvalue weighted by Crippen LogP contribution is 2.37. The Kier molecular flexibility index (Phi) is 6.39. The molecule has 9 nitrogen and oxygen atoms in total. The van der Waals surface area contributed by atoms with Gasteiger partial charge < -0.3 is 27.7 Å². The van der Waals surface area contributed by atoms with Crippen molar-refractivity contribution in [1.82, 2.24) is 9.97 Å². The SMILES string of the molecule is NC(=O)C(C(N)=Nc1cnccn1)=C(N)c1ccc(N)c(OC2CCCc3cc(F)ccc32)c1. The van der Waals surface area contributed by atoms with Crippen LogP contribution in [-0.2, 0) is 11.2 Å².